The van der Waals surface area contributed by atoms with E-state index in [1.807, 2.05) is 18.2 Å². The molecule has 24 heavy (non-hydrogen) atoms. The van der Waals surface area contributed by atoms with Crippen LogP contribution in [-0.4, -0.2) is 45.8 Å². The number of ether oxygens (including phenoxy) is 1. The molecule has 0 saturated heterocycles. The average molecular weight is 393 g/mol. The molecular formula is C17H17BrN2O4. The summed E-state index contributed by atoms with van der Waals surface area (Å²) in [4.78, 5) is 18.2. The summed E-state index contributed by atoms with van der Waals surface area (Å²) >= 11 is 3.39. The first-order valence-electron chi connectivity index (χ1n) is 7.53. The zero-order valence-electron chi connectivity index (χ0n) is 12.8. The highest BCUT2D eigenvalue weighted by Crippen LogP contribution is 2.35. The number of aliphatic hydroxyl groups is 2. The summed E-state index contributed by atoms with van der Waals surface area (Å²) in [6.07, 6.45) is 1.70. The second-order valence-corrected chi connectivity index (χ2v) is 6.37. The van der Waals surface area contributed by atoms with Crippen molar-refractivity contribution in [2.45, 2.75) is 12.1 Å². The Morgan fingerprint density at radius 2 is 2.29 bits per heavy atom. The van der Waals surface area contributed by atoms with Crippen LogP contribution in [0.1, 0.15) is 23.3 Å². The third kappa shape index (κ3) is 3.28. The molecule has 7 heteroatoms. The summed E-state index contributed by atoms with van der Waals surface area (Å²) in [5.74, 6) is 0.135. The fourth-order valence-electron chi connectivity index (χ4n) is 2.78. The Hall–Kier alpha value is -1.96. The fourth-order valence-corrected chi connectivity index (χ4v) is 3.12. The maximum absolute atomic E-state index is 12.8. The van der Waals surface area contributed by atoms with Crippen molar-refractivity contribution < 1.29 is 19.7 Å². The summed E-state index contributed by atoms with van der Waals surface area (Å²) in [6.45, 7) is 0.294. The highest BCUT2D eigenvalue weighted by Gasteiger charge is 2.33. The van der Waals surface area contributed by atoms with Crippen LogP contribution in [0.15, 0.2) is 47.2 Å². The minimum absolute atomic E-state index is 0.260. The van der Waals surface area contributed by atoms with Crippen LogP contribution in [0.3, 0.4) is 0 Å². The molecule has 2 N–H and O–H groups in total. The molecule has 0 bridgehead atoms. The lowest BCUT2D eigenvalue weighted by molar-refractivity contribution is -0.144. The van der Waals surface area contributed by atoms with E-state index in [-0.39, 0.29) is 19.8 Å². The van der Waals surface area contributed by atoms with Crippen molar-refractivity contribution in [3.05, 3.63) is 58.3 Å². The molecule has 126 valence electrons. The maximum atomic E-state index is 12.8. The number of benzene rings is 1. The first-order valence-corrected chi connectivity index (χ1v) is 8.32. The molecule has 6 nitrogen and oxygen atoms in total. The Morgan fingerprint density at radius 3 is 3.00 bits per heavy atom. The van der Waals surface area contributed by atoms with Gasteiger partial charge in [0.05, 0.1) is 19.2 Å². The molecule has 0 fully saturated rings. The van der Waals surface area contributed by atoms with Crippen LogP contribution in [0.25, 0.3) is 0 Å². The average Bonchev–Trinajstić information content (AvgIpc) is 2.79. The van der Waals surface area contributed by atoms with Crippen molar-refractivity contribution in [1.82, 2.24) is 9.88 Å². The first kappa shape index (κ1) is 16.9. The molecule has 1 aliphatic rings. The van der Waals surface area contributed by atoms with Gasteiger partial charge in [0, 0.05) is 28.0 Å². The summed E-state index contributed by atoms with van der Waals surface area (Å²) in [5.41, 5.74) is 1.13. The van der Waals surface area contributed by atoms with Crippen molar-refractivity contribution in [3.8, 4) is 5.75 Å². The summed E-state index contributed by atoms with van der Waals surface area (Å²) in [5, 5.41) is 20.2. The summed E-state index contributed by atoms with van der Waals surface area (Å²) < 4.78 is 6.55. The van der Waals surface area contributed by atoms with Crippen LogP contribution in [0.5, 0.6) is 5.75 Å². The molecule has 2 unspecified atom stereocenters. The number of nitrogens with zero attached hydrogens (tertiary/aromatic N) is 2. The van der Waals surface area contributed by atoms with Gasteiger partial charge in [-0.05, 0) is 18.2 Å². The van der Waals surface area contributed by atoms with Crippen LogP contribution in [-0.2, 0) is 4.79 Å². The van der Waals surface area contributed by atoms with E-state index >= 15 is 0 Å². The number of amides is 1. The van der Waals surface area contributed by atoms with Gasteiger partial charge in [-0.15, -0.1) is 0 Å². The Bertz CT molecular complexity index is 726. The normalized spacial score (nSPS) is 18.3. The van der Waals surface area contributed by atoms with Crippen molar-refractivity contribution in [1.29, 1.82) is 0 Å². The van der Waals surface area contributed by atoms with E-state index in [0.717, 1.165) is 4.47 Å². The number of carbonyl (C=O) groups is 1. The Kier molecular flexibility index (Phi) is 5.13. The van der Waals surface area contributed by atoms with E-state index in [0.29, 0.717) is 16.9 Å². The highest BCUT2D eigenvalue weighted by atomic mass is 79.9. The SMILES string of the molecule is O=C(C(O)c1cccnc1)N1CCOc2cc(Br)ccc2C1CO. The number of aliphatic hydroxyl groups excluding tert-OH is 2. The first-order chi connectivity index (χ1) is 11.6. The maximum Gasteiger partial charge on any atom is 0.256 e. The van der Waals surface area contributed by atoms with E-state index in [2.05, 4.69) is 20.9 Å². The van der Waals surface area contributed by atoms with Crippen molar-refractivity contribution >= 4 is 21.8 Å². The predicted octanol–water partition coefficient (Wildman–Crippen LogP) is 1.83. The van der Waals surface area contributed by atoms with Gasteiger partial charge in [-0.1, -0.05) is 28.1 Å². The molecule has 3 rings (SSSR count). The molecule has 1 aromatic carbocycles. The van der Waals surface area contributed by atoms with Crippen LogP contribution in [0, 0.1) is 0 Å². The fraction of sp³-hybridized carbons (Fsp3) is 0.294. The minimum Gasteiger partial charge on any atom is -0.491 e. The molecule has 0 aliphatic carbocycles. The number of carbonyl (C=O) groups excluding carboxylic acids is 1. The van der Waals surface area contributed by atoms with E-state index in [9.17, 15) is 15.0 Å². The summed E-state index contributed by atoms with van der Waals surface area (Å²) in [6, 6.07) is 8.17. The molecule has 2 heterocycles. The van der Waals surface area contributed by atoms with Crippen molar-refractivity contribution in [2.24, 2.45) is 0 Å². The number of hydrogen-bond acceptors (Lipinski definition) is 5. The smallest absolute Gasteiger partial charge is 0.256 e. The molecule has 1 aromatic heterocycles. The van der Waals surface area contributed by atoms with Gasteiger partial charge in [-0.3, -0.25) is 9.78 Å². The third-order valence-electron chi connectivity index (χ3n) is 3.99. The van der Waals surface area contributed by atoms with Gasteiger partial charge >= 0.3 is 0 Å². The van der Waals surface area contributed by atoms with Crippen LogP contribution >= 0.6 is 15.9 Å². The van der Waals surface area contributed by atoms with E-state index in [4.69, 9.17) is 4.74 Å². The Morgan fingerprint density at radius 1 is 1.46 bits per heavy atom. The number of rotatable bonds is 3. The lowest BCUT2D eigenvalue weighted by Gasteiger charge is -2.30. The molecule has 0 radical (unpaired) electrons. The number of fused-ring (bicyclic) bond motifs is 1. The zero-order valence-corrected chi connectivity index (χ0v) is 14.4. The molecule has 1 aliphatic heterocycles. The van der Waals surface area contributed by atoms with Gasteiger partial charge in [0.25, 0.3) is 5.91 Å². The van der Waals surface area contributed by atoms with Crippen LogP contribution < -0.4 is 4.74 Å². The molecule has 1 amide bonds. The van der Waals surface area contributed by atoms with Gasteiger partial charge in [0.2, 0.25) is 0 Å². The van der Waals surface area contributed by atoms with Gasteiger partial charge in [0.1, 0.15) is 12.4 Å². The zero-order chi connectivity index (χ0) is 17.1. The largest absolute Gasteiger partial charge is 0.491 e. The lowest BCUT2D eigenvalue weighted by Crippen LogP contribution is -2.40. The van der Waals surface area contributed by atoms with Gasteiger partial charge in [0.15, 0.2) is 6.10 Å². The molecule has 2 atom stereocenters. The summed E-state index contributed by atoms with van der Waals surface area (Å²) in [7, 11) is 0. The number of halogens is 1. The quantitative estimate of drug-likeness (QED) is 0.832. The lowest BCUT2D eigenvalue weighted by atomic mass is 10.0. The second-order valence-electron chi connectivity index (χ2n) is 5.45. The van der Waals surface area contributed by atoms with Gasteiger partial charge in [-0.25, -0.2) is 0 Å². The Labute approximate surface area is 147 Å². The van der Waals surface area contributed by atoms with E-state index in [1.165, 1.54) is 11.1 Å². The predicted molar refractivity (Wildman–Crippen MR) is 90.4 cm³/mol. The highest BCUT2D eigenvalue weighted by molar-refractivity contribution is 9.10. The van der Waals surface area contributed by atoms with E-state index < -0.39 is 18.1 Å². The van der Waals surface area contributed by atoms with Crippen LogP contribution in [0.2, 0.25) is 0 Å². The monoisotopic (exact) mass is 392 g/mol. The van der Waals surface area contributed by atoms with Gasteiger partial charge in [-0.2, -0.15) is 0 Å². The molecule has 0 spiro atoms. The van der Waals surface area contributed by atoms with Crippen molar-refractivity contribution in [3.63, 3.8) is 0 Å². The van der Waals surface area contributed by atoms with Crippen LogP contribution in [0.4, 0.5) is 0 Å². The minimum atomic E-state index is -1.33. The number of aromatic nitrogens is 1. The molecule has 2 aromatic rings. The number of hydrogen-bond donors (Lipinski definition) is 2. The third-order valence-corrected chi connectivity index (χ3v) is 4.48. The van der Waals surface area contributed by atoms with E-state index in [1.54, 1.807) is 18.3 Å². The Balaban J connectivity index is 1.92. The van der Waals surface area contributed by atoms with Gasteiger partial charge < -0.3 is 19.8 Å². The second kappa shape index (κ2) is 7.29. The molecule has 0 saturated carbocycles. The van der Waals surface area contributed by atoms with Crippen molar-refractivity contribution in [2.75, 3.05) is 19.8 Å². The molecular weight excluding hydrogens is 376 g/mol. The topological polar surface area (TPSA) is 82.9 Å². The number of pyridine rings is 1. The standard InChI is InChI=1S/C17H17BrN2O4/c18-12-3-4-13-14(10-21)20(6-7-24-15(13)8-12)17(23)16(22)11-2-1-5-19-9-11/h1-5,8-9,14,16,21-22H,6-7,10H2.